The van der Waals surface area contributed by atoms with Gasteiger partial charge in [0.1, 0.15) is 61.7 Å². The number of hydrogen-bond donors (Lipinski definition) is 1. The minimum absolute atomic E-state index is 0.0125. The van der Waals surface area contributed by atoms with Gasteiger partial charge in [0.15, 0.2) is 30.9 Å². The van der Waals surface area contributed by atoms with Crippen molar-refractivity contribution in [3.05, 3.63) is 251 Å². The maximum Gasteiger partial charge on any atom is 0.410 e. The molecular formula is C75H77NO21. The Morgan fingerprint density at radius 1 is 0.433 bits per heavy atom. The van der Waals surface area contributed by atoms with Crippen LogP contribution in [0.2, 0.25) is 0 Å². The van der Waals surface area contributed by atoms with Crippen molar-refractivity contribution in [2.45, 2.75) is 146 Å². The smallest absolute Gasteiger partial charge is 0.410 e. The van der Waals surface area contributed by atoms with E-state index in [2.05, 4.69) is 0 Å². The van der Waals surface area contributed by atoms with Crippen molar-refractivity contribution >= 4 is 41.7 Å². The van der Waals surface area contributed by atoms with Gasteiger partial charge in [-0.25, -0.2) is 19.2 Å². The molecule has 0 bridgehead atoms. The van der Waals surface area contributed by atoms with Crippen LogP contribution in [0.25, 0.3) is 0 Å². The number of carbonyl (C=O) groups excluding carboxylic acids is 7. The normalized spacial score (nSPS) is 24.6. The Bertz CT molecular complexity index is 3650. The Morgan fingerprint density at radius 3 is 1.35 bits per heavy atom. The van der Waals surface area contributed by atoms with Gasteiger partial charge in [-0.15, -0.1) is 0 Å². The number of piperidine rings is 1. The first kappa shape index (κ1) is 70.3. The molecule has 3 aliphatic rings. The number of esters is 5. The molecule has 0 radical (unpaired) electrons. The molecule has 0 aliphatic carbocycles. The third kappa shape index (κ3) is 19.4. The zero-order valence-electron chi connectivity index (χ0n) is 53.7. The molecule has 1 N–H and O–H groups in total. The van der Waals surface area contributed by atoms with E-state index in [0.29, 0.717) is 5.56 Å². The number of amides is 1. The average Bonchev–Trinajstić information content (AvgIpc) is 0.763. The van der Waals surface area contributed by atoms with Crippen LogP contribution in [-0.2, 0) is 102 Å². The number of nitrogens with zero attached hydrogens (tertiary/aromatic N) is 1. The summed E-state index contributed by atoms with van der Waals surface area (Å²) in [6.07, 6.45) is -22.0. The summed E-state index contributed by atoms with van der Waals surface area (Å²) in [4.78, 5) is 99.6. The van der Waals surface area contributed by atoms with Crippen LogP contribution in [0.4, 0.5) is 4.79 Å². The highest BCUT2D eigenvalue weighted by molar-refractivity contribution is 5.91. The molecular weight excluding hydrogens is 1250 g/mol. The van der Waals surface area contributed by atoms with Crippen LogP contribution in [0.1, 0.15) is 86.9 Å². The van der Waals surface area contributed by atoms with E-state index < -0.39 is 148 Å². The molecule has 3 heterocycles. The molecule has 7 aromatic carbocycles. The van der Waals surface area contributed by atoms with E-state index in [0.717, 1.165) is 28.5 Å². The Balaban J connectivity index is 1.11. The van der Waals surface area contributed by atoms with Gasteiger partial charge in [-0.3, -0.25) is 14.5 Å². The fourth-order valence-corrected chi connectivity index (χ4v) is 11.6. The van der Waals surface area contributed by atoms with Crippen molar-refractivity contribution in [3.63, 3.8) is 0 Å². The van der Waals surface area contributed by atoms with Gasteiger partial charge < -0.3 is 71.5 Å². The third-order valence-electron chi connectivity index (χ3n) is 16.4. The van der Waals surface area contributed by atoms with Gasteiger partial charge in [0.05, 0.1) is 68.2 Å². The number of aliphatic hydroxyl groups excluding tert-OH is 1. The second-order valence-corrected chi connectivity index (χ2v) is 23.4. The number of Topliss-reactive ketones (excluding diaryl/α,β-unsaturated/α-hetero) is 1. The summed E-state index contributed by atoms with van der Waals surface area (Å²) in [5, 5.41) is 11.9. The monoisotopic (exact) mass is 1330 g/mol. The van der Waals surface area contributed by atoms with Gasteiger partial charge in [-0.05, 0) is 72.5 Å². The second kappa shape index (κ2) is 35.0. The first-order chi connectivity index (χ1) is 47.2. The molecule has 0 spiro atoms. The van der Waals surface area contributed by atoms with Crippen LogP contribution in [0.3, 0.4) is 0 Å². The molecule has 10 rings (SSSR count). The van der Waals surface area contributed by atoms with Gasteiger partial charge in [0.2, 0.25) is 0 Å². The number of hydrogen-bond acceptors (Lipinski definition) is 21. The average molecular weight is 1330 g/mol. The summed E-state index contributed by atoms with van der Waals surface area (Å²) in [5.74, 6) is -5.14. The number of ketones is 1. The lowest BCUT2D eigenvalue weighted by Crippen LogP contribution is -2.70. The predicted octanol–water partition coefficient (Wildman–Crippen LogP) is 9.52. The van der Waals surface area contributed by atoms with E-state index in [-0.39, 0.29) is 55.3 Å². The first-order valence-electron chi connectivity index (χ1n) is 32.0. The molecule has 22 nitrogen and oxygen atoms in total. The Morgan fingerprint density at radius 2 is 0.866 bits per heavy atom. The van der Waals surface area contributed by atoms with E-state index in [4.69, 9.17) is 61.6 Å². The van der Waals surface area contributed by atoms with Crippen molar-refractivity contribution in [2.75, 3.05) is 19.8 Å². The molecule has 7 aromatic rings. The van der Waals surface area contributed by atoms with Gasteiger partial charge in [0.25, 0.3) is 0 Å². The first-order valence-corrected chi connectivity index (χ1v) is 32.0. The zero-order chi connectivity index (χ0) is 68.0. The Hall–Kier alpha value is -9.49. The lowest BCUT2D eigenvalue weighted by atomic mass is 9.92. The van der Waals surface area contributed by atoms with Gasteiger partial charge in [-0.1, -0.05) is 176 Å². The summed E-state index contributed by atoms with van der Waals surface area (Å²) < 4.78 is 85.7. The highest BCUT2D eigenvalue weighted by Crippen LogP contribution is 2.39. The molecule has 508 valence electrons. The largest absolute Gasteiger partial charge is 0.459 e. The number of likely N-dealkylation sites (tertiary alicyclic amines) is 1. The summed E-state index contributed by atoms with van der Waals surface area (Å²) in [6.45, 7) is 1.85. The van der Waals surface area contributed by atoms with Crippen LogP contribution in [0.5, 0.6) is 0 Å². The molecule has 22 heteroatoms. The maximum atomic E-state index is 14.9. The van der Waals surface area contributed by atoms with Crippen molar-refractivity contribution in [2.24, 2.45) is 0 Å². The van der Waals surface area contributed by atoms with E-state index in [1.54, 1.807) is 91.9 Å². The maximum absolute atomic E-state index is 14.9. The molecule has 1 amide bonds. The standard InChI is InChI=1S/C75H77NO21/c1-48(78)39-40-61(80)93-67-65(94-71(82)56-35-21-9-22-36-56)60(47-88-70(81)55-33-19-8-20-34-55)92-74(69(67)95-72(83)57-37-23-10-24-38-57)97-64-59(91-50(3)79)41-76(75(84)89-46-54-31-17-7-18-32-54)58(42-77)63(64)96-73-68(87-45-53-29-15-6-16-30-53)66(86-44-52-27-13-5-14-28-52)62(49(2)90-73)85-43-51-25-11-4-12-26-51/h4-38,49,58-60,62-69,73-74,77H,39-47H2,1-3H3/t49-,58+,59-,60+,62+,63+,64+,65-,66+,67-,68-,69+,73-,74-/m0/s1. The zero-order valence-corrected chi connectivity index (χ0v) is 53.7. The Kier molecular flexibility index (Phi) is 25.3. The SMILES string of the molecule is CC(=O)CCC(=O)O[C@H]1[C@@H](OC(=O)c2ccccc2)[C@@H](COC(=O)c2ccccc2)O[C@@H](O[C@H]2[C@H](O[C@@H]3O[C@@H](C)[C@@H](OCc4ccccc4)[C@@H](OCc4ccccc4)[C@@H]3OCc3ccccc3)[C@@H](CO)N(C(=O)OCc3ccccc3)C[C@@H]2OC(C)=O)[C@@H]1OC(=O)c1ccccc1. The molecule has 0 unspecified atom stereocenters. The number of rotatable bonds is 28. The lowest BCUT2D eigenvalue weighted by molar-refractivity contribution is -0.361. The number of carbonyl (C=O) groups is 7. The molecule has 3 aliphatic heterocycles. The predicted molar refractivity (Wildman–Crippen MR) is 345 cm³/mol. The van der Waals surface area contributed by atoms with Gasteiger partial charge >= 0.3 is 35.9 Å². The number of benzene rings is 7. The van der Waals surface area contributed by atoms with Crippen molar-refractivity contribution in [1.82, 2.24) is 4.90 Å². The van der Waals surface area contributed by atoms with E-state index >= 15 is 0 Å². The van der Waals surface area contributed by atoms with Crippen LogP contribution in [-0.4, -0.2) is 157 Å². The fraction of sp³-hybridized carbons (Fsp3) is 0.347. The molecule has 14 atom stereocenters. The van der Waals surface area contributed by atoms with E-state index in [1.807, 2.05) is 91.0 Å². The molecule has 3 saturated heterocycles. The molecule has 0 saturated carbocycles. The minimum atomic E-state index is -2.07. The third-order valence-corrected chi connectivity index (χ3v) is 16.4. The molecule has 0 aromatic heterocycles. The van der Waals surface area contributed by atoms with E-state index in [9.17, 15) is 38.7 Å². The number of aliphatic hydroxyl groups is 1. The van der Waals surface area contributed by atoms with E-state index in [1.165, 1.54) is 43.3 Å². The van der Waals surface area contributed by atoms with Crippen LogP contribution in [0, 0.1) is 0 Å². The minimum Gasteiger partial charge on any atom is -0.459 e. The quantitative estimate of drug-likeness (QED) is 0.0353. The van der Waals surface area contributed by atoms with Crippen molar-refractivity contribution in [3.8, 4) is 0 Å². The van der Waals surface area contributed by atoms with Gasteiger partial charge in [0, 0.05) is 13.3 Å². The highest BCUT2D eigenvalue weighted by atomic mass is 16.8. The lowest BCUT2D eigenvalue weighted by Gasteiger charge is -2.52. The van der Waals surface area contributed by atoms with Crippen LogP contribution >= 0.6 is 0 Å². The summed E-state index contributed by atoms with van der Waals surface area (Å²) in [6, 6.07) is 58.9. The van der Waals surface area contributed by atoms with Crippen LogP contribution < -0.4 is 0 Å². The van der Waals surface area contributed by atoms with Crippen molar-refractivity contribution < 1.29 is 100 Å². The summed E-state index contributed by atoms with van der Waals surface area (Å²) in [7, 11) is 0. The Labute approximate surface area is 561 Å². The summed E-state index contributed by atoms with van der Waals surface area (Å²) in [5.41, 5.74) is 3.15. The van der Waals surface area contributed by atoms with Gasteiger partial charge in [-0.2, -0.15) is 0 Å². The topological polar surface area (TPSA) is 263 Å². The molecule has 97 heavy (non-hydrogen) atoms. The molecule has 3 fully saturated rings. The highest BCUT2D eigenvalue weighted by Gasteiger charge is 2.59. The number of ether oxygens (including phenoxy) is 13. The summed E-state index contributed by atoms with van der Waals surface area (Å²) >= 11 is 0. The van der Waals surface area contributed by atoms with Crippen molar-refractivity contribution in [1.29, 1.82) is 0 Å². The second-order valence-electron chi connectivity index (χ2n) is 23.4. The fourth-order valence-electron chi connectivity index (χ4n) is 11.6. The van der Waals surface area contributed by atoms with Crippen LogP contribution in [0.15, 0.2) is 212 Å².